The molecule has 0 atom stereocenters. The molecule has 0 radical (unpaired) electrons. The van der Waals surface area contributed by atoms with Crippen LogP contribution >= 0.6 is 0 Å². The van der Waals surface area contributed by atoms with Gasteiger partial charge in [-0.25, -0.2) is 0 Å². The third-order valence-electron chi connectivity index (χ3n) is 0. The zero-order valence-electron chi connectivity index (χ0n) is 4.19. The summed E-state index contributed by atoms with van der Waals surface area (Å²) in [5, 5.41) is 0. The fourth-order valence-electron chi connectivity index (χ4n) is 0. The van der Waals surface area contributed by atoms with Gasteiger partial charge in [0.25, 0.3) is 0 Å². The molecule has 0 heterocycles. The van der Waals surface area contributed by atoms with Crippen LogP contribution in [-0.4, -0.2) is 78.3 Å². The number of halogens is 1. The van der Waals surface area contributed by atoms with E-state index in [4.69, 9.17) is 17.5 Å². The Balaban J connectivity index is -0.0000000133. The second-order valence-corrected chi connectivity index (χ2v) is 1.22. The predicted octanol–water partition coefficient (Wildman–Crippen LogP) is -5.10. The average molecular weight is 252 g/mol. The largest absolute Gasteiger partial charge is 2.00 e. The van der Waals surface area contributed by atoms with Crippen LogP contribution in [0.3, 0.4) is 0 Å². The average Bonchev–Trinajstić information content (AvgIpc) is 0.722. The third-order valence-corrected chi connectivity index (χ3v) is 0. The summed E-state index contributed by atoms with van der Waals surface area (Å²) in [6.07, 6.45) is 0. The van der Waals surface area contributed by atoms with Gasteiger partial charge in [0.1, 0.15) is 0 Å². The van der Waals surface area contributed by atoms with Gasteiger partial charge in [-0.15, -0.1) is 0 Å². The molecular formula is CaClFeMgO4S+3. The first kappa shape index (κ1) is 29.8. The molecule has 0 amide bonds. The van der Waals surface area contributed by atoms with Crippen LogP contribution in [0.15, 0.2) is 0 Å². The molecule has 4 nitrogen and oxygen atoms in total. The Morgan fingerprint density at radius 1 is 1.11 bits per heavy atom. The van der Waals surface area contributed by atoms with Gasteiger partial charge in [0.15, 0.2) is 0 Å². The van der Waals surface area contributed by atoms with Crippen molar-refractivity contribution in [2.45, 2.75) is 0 Å². The van der Waals surface area contributed by atoms with E-state index >= 15 is 0 Å². The van der Waals surface area contributed by atoms with Gasteiger partial charge in [0, 0.05) is 10.4 Å². The van der Waals surface area contributed by atoms with Crippen molar-refractivity contribution < 1.29 is 47.0 Å². The van der Waals surface area contributed by atoms with Gasteiger partial charge in [-0.1, -0.05) is 0 Å². The molecular weight excluding hydrogens is 252 g/mol. The SMILES string of the molecule is O=S(=O)([O-])[O-].[Ca+2].[Cl-].[Fe+2].[Mg+2]. The first-order valence-corrected chi connectivity index (χ1v) is 2.00. The summed E-state index contributed by atoms with van der Waals surface area (Å²) in [5.41, 5.74) is 0. The summed E-state index contributed by atoms with van der Waals surface area (Å²) in [5.74, 6) is 0. The second kappa shape index (κ2) is 13.3. The van der Waals surface area contributed by atoms with Crippen LogP contribution in [0.2, 0.25) is 0 Å². The molecule has 0 rings (SSSR count). The molecule has 0 N–H and O–H groups in total. The topological polar surface area (TPSA) is 80.3 Å². The second-order valence-electron chi connectivity index (χ2n) is 0.408. The van der Waals surface area contributed by atoms with Gasteiger partial charge in [-0.05, 0) is 0 Å². The fraction of sp³-hybridized carbons (Fsp3) is 0. The smallest absolute Gasteiger partial charge is 1.00 e. The molecule has 0 aromatic rings. The van der Waals surface area contributed by atoms with Gasteiger partial charge in [-0.3, -0.25) is 8.42 Å². The Hall–Kier alpha value is 2.71. The number of hydrogen-bond donors (Lipinski definition) is 0. The van der Waals surface area contributed by atoms with E-state index in [0.717, 1.165) is 0 Å². The fourth-order valence-corrected chi connectivity index (χ4v) is 0. The third kappa shape index (κ3) is 111. The molecule has 0 aliphatic carbocycles. The van der Waals surface area contributed by atoms with E-state index in [0.29, 0.717) is 0 Å². The van der Waals surface area contributed by atoms with Crippen molar-refractivity contribution in [1.29, 1.82) is 0 Å². The van der Waals surface area contributed by atoms with Crippen molar-refractivity contribution in [2.75, 3.05) is 0 Å². The first-order chi connectivity index (χ1) is 2.00. The molecule has 0 fully saturated rings. The van der Waals surface area contributed by atoms with Crippen molar-refractivity contribution in [1.82, 2.24) is 0 Å². The number of rotatable bonds is 0. The van der Waals surface area contributed by atoms with Crippen LogP contribution in [0.25, 0.3) is 0 Å². The van der Waals surface area contributed by atoms with E-state index in [1.807, 2.05) is 0 Å². The molecule has 0 unspecified atom stereocenters. The van der Waals surface area contributed by atoms with Crippen molar-refractivity contribution in [2.24, 2.45) is 0 Å². The molecule has 0 bridgehead atoms. The maximum Gasteiger partial charge on any atom is 2.00 e. The molecule has 0 aromatic carbocycles. The zero-order valence-corrected chi connectivity index (χ0v) is 10.5. The zero-order chi connectivity index (χ0) is 4.50. The summed E-state index contributed by atoms with van der Waals surface area (Å²) in [6.45, 7) is 0. The summed E-state index contributed by atoms with van der Waals surface area (Å²) in [7, 11) is -5.17. The molecule has 9 heteroatoms. The van der Waals surface area contributed by atoms with Gasteiger partial charge >= 0.3 is 77.9 Å². The van der Waals surface area contributed by atoms with Crippen molar-refractivity contribution in [3.05, 3.63) is 0 Å². The minimum atomic E-state index is -5.17. The van der Waals surface area contributed by atoms with Gasteiger partial charge in [0.2, 0.25) is 0 Å². The minimum Gasteiger partial charge on any atom is -1.00 e. The Morgan fingerprint density at radius 2 is 1.11 bits per heavy atom. The van der Waals surface area contributed by atoms with Crippen LogP contribution in [0, 0.1) is 0 Å². The Morgan fingerprint density at radius 3 is 1.11 bits per heavy atom. The molecule has 0 aromatic heterocycles. The monoisotopic (exact) mass is 251 g/mol. The van der Waals surface area contributed by atoms with E-state index in [9.17, 15) is 0 Å². The van der Waals surface area contributed by atoms with Crippen LogP contribution in [0.1, 0.15) is 0 Å². The van der Waals surface area contributed by atoms with Crippen LogP contribution in [0.5, 0.6) is 0 Å². The van der Waals surface area contributed by atoms with Crippen LogP contribution in [0.4, 0.5) is 0 Å². The summed E-state index contributed by atoms with van der Waals surface area (Å²) in [4.78, 5) is 0. The molecule has 46 valence electrons. The van der Waals surface area contributed by atoms with E-state index in [1.54, 1.807) is 0 Å². The molecule has 0 saturated heterocycles. The Bertz CT molecular complexity index is 104. The van der Waals surface area contributed by atoms with E-state index in [1.165, 1.54) is 0 Å². The summed E-state index contributed by atoms with van der Waals surface area (Å²) in [6, 6.07) is 0. The molecule has 0 aliphatic rings. The molecule has 0 saturated carbocycles. The molecule has 0 aliphatic heterocycles. The standard InChI is InChI=1S/Ca.ClH.Fe.Mg.H2O4S/c;;;;1-5(2,3)4/h;1H;;;(H2,1,2,3,4)/q+2;;2*+2;/p-3. The van der Waals surface area contributed by atoms with Gasteiger partial charge < -0.3 is 21.5 Å². The summed E-state index contributed by atoms with van der Waals surface area (Å²) >= 11 is 0. The first-order valence-electron chi connectivity index (χ1n) is 0.667. The molecule has 0 spiro atoms. The van der Waals surface area contributed by atoms with E-state index < -0.39 is 10.4 Å². The van der Waals surface area contributed by atoms with Crippen LogP contribution in [-0.2, 0) is 27.5 Å². The van der Waals surface area contributed by atoms with Crippen LogP contribution < -0.4 is 12.4 Å². The maximum absolute atomic E-state index is 8.52. The van der Waals surface area contributed by atoms with E-state index in [2.05, 4.69) is 0 Å². The van der Waals surface area contributed by atoms with Gasteiger partial charge in [-0.2, -0.15) is 0 Å². The number of hydrogen-bond acceptors (Lipinski definition) is 4. The van der Waals surface area contributed by atoms with E-state index in [-0.39, 0.29) is 90.3 Å². The quantitative estimate of drug-likeness (QED) is 0.245. The normalized spacial score (nSPS) is 6.44. The van der Waals surface area contributed by atoms with Crippen molar-refractivity contribution in [3.63, 3.8) is 0 Å². The Labute approximate surface area is 116 Å². The Kier molecular flexibility index (Phi) is 44.1. The molecule has 9 heavy (non-hydrogen) atoms. The van der Waals surface area contributed by atoms with Crippen molar-refractivity contribution in [3.8, 4) is 0 Å². The van der Waals surface area contributed by atoms with Gasteiger partial charge in [0.05, 0.1) is 0 Å². The minimum absolute atomic E-state index is 0. The summed E-state index contributed by atoms with van der Waals surface area (Å²) < 4.78 is 34.1. The maximum atomic E-state index is 8.52. The predicted molar refractivity (Wildman–Crippen MR) is 22.0 cm³/mol. The van der Waals surface area contributed by atoms with Crippen molar-refractivity contribution >= 4 is 71.2 Å².